The molecule has 1 heterocycles. The zero-order valence-electron chi connectivity index (χ0n) is 7.95. The third-order valence-corrected chi connectivity index (χ3v) is 2.49. The number of nitrogens with zero attached hydrogens (tertiary/aromatic N) is 1. The van der Waals surface area contributed by atoms with Crippen molar-refractivity contribution in [2.24, 2.45) is 10.7 Å². The molecule has 0 aromatic carbocycles. The molecule has 3 N–H and O–H groups in total. The Kier molecular flexibility index (Phi) is 3.76. The average molecular weight is 197 g/mol. The lowest BCUT2D eigenvalue weighted by atomic mass is 10.1. The molecule has 0 amide bonds. The molecule has 1 aromatic rings. The van der Waals surface area contributed by atoms with Gasteiger partial charge in [0.15, 0.2) is 5.96 Å². The van der Waals surface area contributed by atoms with E-state index in [0.29, 0.717) is 12.0 Å². The molecular weight excluding hydrogens is 182 g/mol. The van der Waals surface area contributed by atoms with Gasteiger partial charge in [0.25, 0.3) is 0 Å². The second-order valence-corrected chi connectivity index (χ2v) is 3.77. The monoisotopic (exact) mass is 197 g/mol. The summed E-state index contributed by atoms with van der Waals surface area (Å²) in [6.45, 7) is 2.09. The van der Waals surface area contributed by atoms with Gasteiger partial charge in [-0.1, -0.05) is 0 Å². The number of aliphatic imine (C=N–C) groups is 1. The van der Waals surface area contributed by atoms with Crippen molar-refractivity contribution >= 4 is 17.3 Å². The van der Waals surface area contributed by atoms with E-state index in [1.165, 1.54) is 5.56 Å². The highest BCUT2D eigenvalue weighted by Gasteiger charge is 2.03. The number of hydrogen-bond acceptors (Lipinski definition) is 2. The predicted octanol–water partition coefficient (Wildman–Crippen LogP) is 1.21. The van der Waals surface area contributed by atoms with Gasteiger partial charge in [-0.3, -0.25) is 4.99 Å². The van der Waals surface area contributed by atoms with Gasteiger partial charge >= 0.3 is 0 Å². The van der Waals surface area contributed by atoms with Crippen molar-refractivity contribution in [1.82, 2.24) is 5.32 Å². The van der Waals surface area contributed by atoms with Crippen LogP contribution in [-0.2, 0) is 6.42 Å². The highest BCUT2D eigenvalue weighted by Crippen LogP contribution is 2.08. The molecule has 1 aromatic heterocycles. The number of nitrogens with two attached hydrogens (primary N) is 1. The molecule has 4 heteroatoms. The number of guanidine groups is 1. The zero-order chi connectivity index (χ0) is 9.68. The molecule has 0 aliphatic heterocycles. The van der Waals surface area contributed by atoms with Gasteiger partial charge in [0.2, 0.25) is 0 Å². The fourth-order valence-electron chi connectivity index (χ4n) is 1.13. The summed E-state index contributed by atoms with van der Waals surface area (Å²) in [6.07, 6.45) is 0.986. The number of rotatable bonds is 3. The Labute approximate surface area is 82.7 Å². The second-order valence-electron chi connectivity index (χ2n) is 2.99. The molecule has 72 valence electrons. The zero-order valence-corrected chi connectivity index (χ0v) is 8.77. The summed E-state index contributed by atoms with van der Waals surface area (Å²) in [5.41, 5.74) is 6.89. The van der Waals surface area contributed by atoms with E-state index in [-0.39, 0.29) is 0 Å². The Bertz CT molecular complexity index is 266. The molecule has 0 fully saturated rings. The van der Waals surface area contributed by atoms with Crippen molar-refractivity contribution in [3.63, 3.8) is 0 Å². The Hall–Kier alpha value is -1.03. The molecule has 0 aliphatic carbocycles. The summed E-state index contributed by atoms with van der Waals surface area (Å²) in [6, 6.07) is 2.46. The second kappa shape index (κ2) is 4.87. The van der Waals surface area contributed by atoms with Crippen LogP contribution in [-0.4, -0.2) is 19.0 Å². The van der Waals surface area contributed by atoms with Crippen LogP contribution in [0.3, 0.4) is 0 Å². The molecule has 13 heavy (non-hydrogen) atoms. The summed E-state index contributed by atoms with van der Waals surface area (Å²) in [5.74, 6) is 0.503. The minimum absolute atomic E-state index is 0.332. The van der Waals surface area contributed by atoms with E-state index >= 15 is 0 Å². The molecule has 0 saturated carbocycles. The number of hydrogen-bond donors (Lipinski definition) is 2. The highest BCUT2D eigenvalue weighted by molar-refractivity contribution is 7.07. The van der Waals surface area contributed by atoms with Crippen molar-refractivity contribution in [3.8, 4) is 0 Å². The highest BCUT2D eigenvalue weighted by atomic mass is 32.1. The summed E-state index contributed by atoms with van der Waals surface area (Å²) in [4.78, 5) is 3.84. The lowest BCUT2D eigenvalue weighted by Gasteiger charge is -2.12. The first-order chi connectivity index (χ1) is 6.22. The van der Waals surface area contributed by atoms with Gasteiger partial charge in [0.1, 0.15) is 0 Å². The average Bonchev–Trinajstić information content (AvgIpc) is 2.56. The van der Waals surface area contributed by atoms with Gasteiger partial charge in [-0.15, -0.1) is 0 Å². The van der Waals surface area contributed by atoms with Gasteiger partial charge in [0, 0.05) is 13.1 Å². The minimum Gasteiger partial charge on any atom is -0.370 e. The maximum absolute atomic E-state index is 5.54. The van der Waals surface area contributed by atoms with E-state index in [1.807, 2.05) is 0 Å². The van der Waals surface area contributed by atoms with Crippen LogP contribution in [0.5, 0.6) is 0 Å². The van der Waals surface area contributed by atoms with E-state index in [1.54, 1.807) is 18.4 Å². The third kappa shape index (κ3) is 3.46. The molecule has 1 rings (SSSR count). The number of nitrogens with one attached hydrogen (secondary N) is 1. The van der Waals surface area contributed by atoms with Gasteiger partial charge in [0.05, 0.1) is 0 Å². The fraction of sp³-hybridized carbons (Fsp3) is 0.444. The van der Waals surface area contributed by atoms with Crippen molar-refractivity contribution in [3.05, 3.63) is 22.4 Å². The van der Waals surface area contributed by atoms with Crippen LogP contribution in [0, 0.1) is 0 Å². The summed E-state index contributed by atoms with van der Waals surface area (Å²) >= 11 is 1.72. The van der Waals surface area contributed by atoms with E-state index in [9.17, 15) is 0 Å². The molecule has 3 nitrogen and oxygen atoms in total. The third-order valence-electron chi connectivity index (χ3n) is 1.76. The van der Waals surface area contributed by atoms with Gasteiger partial charge in [-0.05, 0) is 35.7 Å². The molecule has 0 bridgehead atoms. The SMILES string of the molecule is CN=C(N)NC(C)Cc1ccsc1. The smallest absolute Gasteiger partial charge is 0.188 e. The maximum Gasteiger partial charge on any atom is 0.188 e. The van der Waals surface area contributed by atoms with Crippen LogP contribution in [0.2, 0.25) is 0 Å². The molecule has 0 spiro atoms. The topological polar surface area (TPSA) is 50.4 Å². The largest absolute Gasteiger partial charge is 0.370 e. The van der Waals surface area contributed by atoms with Crippen LogP contribution >= 0.6 is 11.3 Å². The Balaban J connectivity index is 2.38. The Morgan fingerprint density at radius 3 is 3.08 bits per heavy atom. The first kappa shape index (κ1) is 10.1. The van der Waals surface area contributed by atoms with E-state index in [0.717, 1.165) is 6.42 Å². The van der Waals surface area contributed by atoms with Crippen LogP contribution < -0.4 is 11.1 Å². The summed E-state index contributed by atoms with van der Waals surface area (Å²) < 4.78 is 0. The quantitative estimate of drug-likeness (QED) is 0.565. The molecule has 0 radical (unpaired) electrons. The summed E-state index contributed by atoms with van der Waals surface area (Å²) in [7, 11) is 1.68. The van der Waals surface area contributed by atoms with Crippen molar-refractivity contribution < 1.29 is 0 Å². The van der Waals surface area contributed by atoms with E-state index in [4.69, 9.17) is 5.73 Å². The Morgan fingerprint density at radius 1 is 1.77 bits per heavy atom. The lowest BCUT2D eigenvalue weighted by Crippen LogP contribution is -2.39. The van der Waals surface area contributed by atoms with Crippen LogP contribution in [0.15, 0.2) is 21.8 Å². The molecule has 0 saturated heterocycles. The van der Waals surface area contributed by atoms with Crippen molar-refractivity contribution in [1.29, 1.82) is 0 Å². The van der Waals surface area contributed by atoms with E-state index in [2.05, 4.69) is 34.1 Å². The minimum atomic E-state index is 0.332. The standard InChI is InChI=1S/C9H15N3S/c1-7(12-9(10)11-2)5-8-3-4-13-6-8/h3-4,6-7H,5H2,1-2H3,(H3,10,11,12). The van der Waals surface area contributed by atoms with Crippen LogP contribution in [0.4, 0.5) is 0 Å². The van der Waals surface area contributed by atoms with Crippen LogP contribution in [0.25, 0.3) is 0 Å². The fourth-order valence-corrected chi connectivity index (χ4v) is 1.81. The van der Waals surface area contributed by atoms with Crippen LogP contribution in [0.1, 0.15) is 12.5 Å². The molecule has 1 unspecified atom stereocenters. The number of thiophene rings is 1. The first-order valence-electron chi connectivity index (χ1n) is 4.22. The lowest BCUT2D eigenvalue weighted by molar-refractivity contribution is 0.657. The van der Waals surface area contributed by atoms with Gasteiger partial charge < -0.3 is 11.1 Å². The first-order valence-corrected chi connectivity index (χ1v) is 5.16. The molecule has 1 atom stereocenters. The Morgan fingerprint density at radius 2 is 2.54 bits per heavy atom. The van der Waals surface area contributed by atoms with Crippen molar-refractivity contribution in [2.75, 3.05) is 7.05 Å². The molecule has 0 aliphatic rings. The van der Waals surface area contributed by atoms with E-state index < -0.39 is 0 Å². The predicted molar refractivity (Wildman–Crippen MR) is 58.2 cm³/mol. The maximum atomic E-state index is 5.54. The molecular formula is C9H15N3S. The normalized spacial score (nSPS) is 14.2. The van der Waals surface area contributed by atoms with Gasteiger partial charge in [-0.25, -0.2) is 0 Å². The van der Waals surface area contributed by atoms with Gasteiger partial charge in [-0.2, -0.15) is 11.3 Å². The van der Waals surface area contributed by atoms with Crippen molar-refractivity contribution in [2.45, 2.75) is 19.4 Å². The summed E-state index contributed by atoms with van der Waals surface area (Å²) in [5, 5.41) is 7.33.